The van der Waals surface area contributed by atoms with Gasteiger partial charge < -0.3 is 9.72 Å². The van der Waals surface area contributed by atoms with Gasteiger partial charge in [-0.15, -0.1) is 0 Å². The third kappa shape index (κ3) is 3.45. The zero-order chi connectivity index (χ0) is 15.6. The van der Waals surface area contributed by atoms with Gasteiger partial charge in [-0.2, -0.15) is 13.2 Å². The van der Waals surface area contributed by atoms with E-state index in [1.807, 2.05) is 0 Å². The lowest BCUT2D eigenvalue weighted by molar-refractivity contribution is -0.138. The number of hydrogen-bond donors (Lipinski definition) is 1. The predicted molar refractivity (Wildman–Crippen MR) is 71.5 cm³/mol. The summed E-state index contributed by atoms with van der Waals surface area (Å²) in [6.45, 7) is 3.08. The van der Waals surface area contributed by atoms with Crippen molar-refractivity contribution in [3.8, 4) is 5.75 Å². The lowest BCUT2D eigenvalue weighted by atomic mass is 10.1. The molecule has 0 fully saturated rings. The van der Waals surface area contributed by atoms with Gasteiger partial charge in [0.15, 0.2) is 6.61 Å². The van der Waals surface area contributed by atoms with Crippen LogP contribution in [0.25, 0.3) is 0 Å². The number of carbonyl (C=O) groups excluding carboxylic acids is 1. The molecule has 6 heteroatoms. The molecule has 0 amide bonds. The van der Waals surface area contributed by atoms with Crippen LogP contribution < -0.4 is 4.74 Å². The number of alkyl halides is 3. The van der Waals surface area contributed by atoms with Crippen LogP contribution in [-0.2, 0) is 6.18 Å². The van der Waals surface area contributed by atoms with Crippen molar-refractivity contribution in [3.63, 3.8) is 0 Å². The van der Waals surface area contributed by atoms with E-state index < -0.39 is 18.3 Å². The average molecular weight is 297 g/mol. The summed E-state index contributed by atoms with van der Waals surface area (Å²) in [5.41, 5.74) is 1.02. The third-order valence-electron chi connectivity index (χ3n) is 3.00. The fourth-order valence-electron chi connectivity index (χ4n) is 2.06. The lowest BCUT2D eigenvalue weighted by Crippen LogP contribution is -2.15. The minimum Gasteiger partial charge on any atom is -0.485 e. The largest absolute Gasteiger partial charge is 0.485 e. The number of hydrogen-bond acceptors (Lipinski definition) is 2. The molecule has 0 atom stereocenters. The first kappa shape index (κ1) is 15.2. The monoisotopic (exact) mass is 297 g/mol. The summed E-state index contributed by atoms with van der Waals surface area (Å²) in [5, 5.41) is 0. The van der Waals surface area contributed by atoms with E-state index in [1.165, 1.54) is 18.2 Å². The first-order valence-corrected chi connectivity index (χ1v) is 6.27. The van der Waals surface area contributed by atoms with Crippen LogP contribution in [0.3, 0.4) is 0 Å². The summed E-state index contributed by atoms with van der Waals surface area (Å²) in [7, 11) is 0. The van der Waals surface area contributed by atoms with E-state index in [4.69, 9.17) is 4.74 Å². The lowest BCUT2D eigenvalue weighted by Gasteiger charge is -2.13. The van der Waals surface area contributed by atoms with Crippen molar-refractivity contribution in [3.05, 3.63) is 52.8 Å². The quantitative estimate of drug-likeness (QED) is 0.869. The molecule has 0 aliphatic rings. The highest BCUT2D eigenvalue weighted by atomic mass is 19.4. The van der Waals surface area contributed by atoms with Crippen molar-refractivity contribution in [1.82, 2.24) is 4.98 Å². The number of H-pyrrole nitrogens is 1. The van der Waals surface area contributed by atoms with Gasteiger partial charge in [0.25, 0.3) is 0 Å². The van der Waals surface area contributed by atoms with Crippen LogP contribution in [0.5, 0.6) is 5.75 Å². The van der Waals surface area contributed by atoms with E-state index in [1.54, 1.807) is 19.9 Å². The molecule has 1 aromatic heterocycles. The zero-order valence-corrected chi connectivity index (χ0v) is 11.5. The molecular weight excluding hydrogens is 283 g/mol. The van der Waals surface area contributed by atoms with Crippen LogP contribution in [0.4, 0.5) is 13.2 Å². The molecular formula is C15H14F3NO2. The van der Waals surface area contributed by atoms with Crippen molar-refractivity contribution in [2.24, 2.45) is 0 Å². The van der Waals surface area contributed by atoms with Crippen molar-refractivity contribution in [2.45, 2.75) is 20.0 Å². The van der Waals surface area contributed by atoms with E-state index in [9.17, 15) is 18.0 Å². The fraction of sp³-hybridized carbons (Fsp3) is 0.267. The van der Waals surface area contributed by atoms with Gasteiger partial charge in [-0.3, -0.25) is 4.79 Å². The van der Waals surface area contributed by atoms with E-state index in [0.29, 0.717) is 11.3 Å². The van der Waals surface area contributed by atoms with E-state index in [2.05, 4.69) is 4.98 Å². The number of benzene rings is 1. The molecule has 112 valence electrons. The summed E-state index contributed by atoms with van der Waals surface area (Å²) < 4.78 is 43.4. The molecule has 0 radical (unpaired) electrons. The Labute approximate surface area is 119 Å². The maximum Gasteiger partial charge on any atom is 0.419 e. The topological polar surface area (TPSA) is 42.1 Å². The predicted octanol–water partition coefficient (Wildman–Crippen LogP) is 3.91. The fourth-order valence-corrected chi connectivity index (χ4v) is 2.06. The Morgan fingerprint density at radius 3 is 2.48 bits per heavy atom. The SMILES string of the molecule is Cc1cc(C(=O)COc2ccccc2C(F)(F)F)c(C)[nH]1. The van der Waals surface area contributed by atoms with Gasteiger partial charge in [0.05, 0.1) is 5.56 Å². The van der Waals surface area contributed by atoms with Crippen molar-refractivity contribution in [2.75, 3.05) is 6.61 Å². The number of aryl methyl sites for hydroxylation is 2. The van der Waals surface area contributed by atoms with E-state index >= 15 is 0 Å². The second kappa shape index (κ2) is 5.63. The molecule has 0 saturated heterocycles. The standard InChI is InChI=1S/C15H14F3NO2/c1-9-7-11(10(2)19-9)13(20)8-21-14-6-4-3-5-12(14)15(16,17)18/h3-7,19H,8H2,1-2H3. The minimum absolute atomic E-state index is 0.344. The van der Waals surface area contributed by atoms with Crippen LogP contribution in [0.15, 0.2) is 30.3 Å². The molecule has 1 heterocycles. The molecule has 2 rings (SSSR count). The molecule has 0 aliphatic heterocycles. The second-order valence-electron chi connectivity index (χ2n) is 4.70. The number of rotatable bonds is 4. The number of aromatic amines is 1. The normalized spacial score (nSPS) is 11.5. The maximum absolute atomic E-state index is 12.8. The molecule has 0 bridgehead atoms. The number of ether oxygens (including phenoxy) is 1. The molecule has 0 aliphatic carbocycles. The van der Waals surface area contributed by atoms with Crippen LogP contribution in [-0.4, -0.2) is 17.4 Å². The molecule has 21 heavy (non-hydrogen) atoms. The molecule has 1 N–H and O–H groups in total. The van der Waals surface area contributed by atoms with E-state index in [0.717, 1.165) is 11.8 Å². The molecule has 0 spiro atoms. The number of halogens is 3. The Kier molecular flexibility index (Phi) is 4.06. The Bertz CT molecular complexity index is 659. The highest BCUT2D eigenvalue weighted by Gasteiger charge is 2.34. The van der Waals surface area contributed by atoms with Crippen LogP contribution >= 0.6 is 0 Å². The van der Waals surface area contributed by atoms with Gasteiger partial charge in [-0.05, 0) is 32.0 Å². The number of ketones is 1. The maximum atomic E-state index is 12.8. The number of Topliss-reactive ketones (excluding diaryl/α,β-unsaturated/α-hetero) is 1. The van der Waals surface area contributed by atoms with Crippen LogP contribution in [0.1, 0.15) is 27.3 Å². The Morgan fingerprint density at radius 1 is 1.24 bits per heavy atom. The molecule has 0 unspecified atom stereocenters. The second-order valence-corrected chi connectivity index (χ2v) is 4.70. The van der Waals surface area contributed by atoms with Gasteiger partial charge in [-0.25, -0.2) is 0 Å². The van der Waals surface area contributed by atoms with Gasteiger partial charge in [0.2, 0.25) is 5.78 Å². The molecule has 3 nitrogen and oxygen atoms in total. The first-order valence-electron chi connectivity index (χ1n) is 6.27. The Morgan fingerprint density at radius 2 is 1.90 bits per heavy atom. The number of nitrogens with one attached hydrogen (secondary N) is 1. The molecule has 1 aromatic carbocycles. The number of aromatic nitrogens is 1. The smallest absolute Gasteiger partial charge is 0.419 e. The summed E-state index contributed by atoms with van der Waals surface area (Å²) in [6.07, 6.45) is -4.51. The van der Waals surface area contributed by atoms with Gasteiger partial charge >= 0.3 is 6.18 Å². The average Bonchev–Trinajstić information content (AvgIpc) is 2.74. The Balaban J connectivity index is 2.14. The number of carbonyl (C=O) groups is 1. The minimum atomic E-state index is -4.51. The zero-order valence-electron chi connectivity index (χ0n) is 11.5. The summed E-state index contributed by atoms with van der Waals surface area (Å²) in [4.78, 5) is 15.0. The highest BCUT2D eigenvalue weighted by molar-refractivity contribution is 5.98. The van der Waals surface area contributed by atoms with Crippen molar-refractivity contribution < 1.29 is 22.7 Å². The number of para-hydroxylation sites is 1. The summed E-state index contributed by atoms with van der Waals surface area (Å²) in [6, 6.07) is 6.48. The van der Waals surface area contributed by atoms with Crippen molar-refractivity contribution >= 4 is 5.78 Å². The molecule has 0 saturated carbocycles. The van der Waals surface area contributed by atoms with Crippen molar-refractivity contribution in [1.29, 1.82) is 0 Å². The molecule has 2 aromatic rings. The van der Waals surface area contributed by atoms with Gasteiger partial charge in [-0.1, -0.05) is 12.1 Å². The van der Waals surface area contributed by atoms with Gasteiger partial charge in [0, 0.05) is 17.0 Å². The highest BCUT2D eigenvalue weighted by Crippen LogP contribution is 2.35. The van der Waals surface area contributed by atoms with Crippen LogP contribution in [0.2, 0.25) is 0 Å². The summed E-state index contributed by atoms with van der Waals surface area (Å²) >= 11 is 0. The van der Waals surface area contributed by atoms with Crippen LogP contribution in [0, 0.1) is 13.8 Å². The van der Waals surface area contributed by atoms with Gasteiger partial charge in [0.1, 0.15) is 5.75 Å². The van der Waals surface area contributed by atoms with E-state index in [-0.39, 0.29) is 11.5 Å². The Hall–Kier alpha value is -2.24. The summed E-state index contributed by atoms with van der Waals surface area (Å²) in [5.74, 6) is -0.711. The third-order valence-corrected chi connectivity index (χ3v) is 3.00. The first-order chi connectivity index (χ1) is 9.79.